The van der Waals surface area contributed by atoms with Crippen molar-refractivity contribution < 1.29 is 43.0 Å². The van der Waals surface area contributed by atoms with Gasteiger partial charge < -0.3 is 41.4 Å². The molecule has 76 heavy (non-hydrogen) atoms. The van der Waals surface area contributed by atoms with E-state index in [2.05, 4.69) is 31.9 Å². The molecule has 7 rings (SSSR count). The molecule has 0 bridgehead atoms. The molecular weight excluding hydrogens is 961 g/mol. The van der Waals surface area contributed by atoms with Gasteiger partial charge in [-0.3, -0.25) is 24.0 Å². The van der Waals surface area contributed by atoms with E-state index >= 15 is 24.0 Å². The number of benzene rings is 2. The normalized spacial score (nSPS) is 27.0. The summed E-state index contributed by atoms with van der Waals surface area (Å²) >= 11 is 0. The number of ketones is 5. The van der Waals surface area contributed by atoms with Crippen LogP contribution in [-0.4, -0.2) is 86.9 Å². The third-order valence-electron chi connectivity index (χ3n) is 15.7. The lowest BCUT2D eigenvalue weighted by atomic mass is 9.66. The van der Waals surface area contributed by atoms with Gasteiger partial charge in [0.25, 0.3) is 0 Å². The maximum absolute atomic E-state index is 16.0. The molecule has 0 radical (unpaired) electrons. The Morgan fingerprint density at radius 3 is 1.55 bits per heavy atom. The van der Waals surface area contributed by atoms with E-state index in [4.69, 9.17) is 9.47 Å². The number of hydrogen-bond acceptors (Lipinski definition) is 14. The van der Waals surface area contributed by atoms with Crippen LogP contribution < -0.4 is 31.9 Å². The second kappa shape index (κ2) is 20.8. The van der Waals surface area contributed by atoms with E-state index < -0.39 is 79.9 Å². The average Bonchev–Trinajstić information content (AvgIpc) is 4.14. The second-order valence-electron chi connectivity index (χ2n) is 24.0. The van der Waals surface area contributed by atoms with Crippen molar-refractivity contribution in [2.24, 2.45) is 23.7 Å². The van der Waals surface area contributed by atoms with Crippen LogP contribution in [0.5, 0.6) is 0 Å². The largest absolute Gasteiger partial charge is 0.467 e. The summed E-state index contributed by atoms with van der Waals surface area (Å²) in [4.78, 5) is 107. The van der Waals surface area contributed by atoms with Crippen LogP contribution in [0.4, 0.5) is 4.79 Å². The van der Waals surface area contributed by atoms with Crippen LogP contribution in [0.15, 0.2) is 131 Å². The van der Waals surface area contributed by atoms with Crippen LogP contribution >= 0.6 is 0 Å². The molecule has 5 heterocycles. The van der Waals surface area contributed by atoms with Gasteiger partial charge in [-0.2, -0.15) is 0 Å². The summed E-state index contributed by atoms with van der Waals surface area (Å²) in [5.41, 5.74) is -8.27. The van der Waals surface area contributed by atoms with Crippen molar-refractivity contribution in [3.05, 3.63) is 142 Å². The number of carbonyl (C=O) groups excluding carboxylic acids is 7. The molecule has 15 nitrogen and oxygen atoms in total. The number of Topliss-reactive ketones (excluding diaryl/α,β-unsaturated/α-hetero) is 5. The maximum atomic E-state index is 16.0. The van der Waals surface area contributed by atoms with Gasteiger partial charge >= 0.3 is 12.1 Å². The zero-order valence-electron chi connectivity index (χ0n) is 46.8. The zero-order valence-corrected chi connectivity index (χ0v) is 46.8. The fourth-order valence-corrected chi connectivity index (χ4v) is 11.9. The molecule has 6 atom stereocenters. The number of esters is 1. The topological polar surface area (TPSA) is 210 Å². The minimum Gasteiger partial charge on any atom is -0.467 e. The van der Waals surface area contributed by atoms with E-state index in [1.807, 2.05) is 91.8 Å². The monoisotopic (exact) mass is 1040 g/mol. The Labute approximate surface area is 448 Å². The molecule has 0 saturated carbocycles. The molecule has 5 aliphatic heterocycles. The highest BCUT2D eigenvalue weighted by Gasteiger charge is 2.67. The predicted octanol–water partition coefficient (Wildman–Crippen LogP) is 7.64. The van der Waals surface area contributed by atoms with E-state index in [1.54, 1.807) is 77.4 Å². The average molecular weight is 1040 g/mol. The Bertz CT molecular complexity index is 2880. The minimum absolute atomic E-state index is 0.00541. The van der Waals surface area contributed by atoms with Crippen LogP contribution in [0.2, 0.25) is 0 Å². The first-order valence-corrected chi connectivity index (χ1v) is 26.6. The maximum Gasteiger partial charge on any atom is 0.408 e. The third-order valence-corrected chi connectivity index (χ3v) is 15.7. The highest BCUT2D eigenvalue weighted by Crippen LogP contribution is 2.49. The fourth-order valence-electron chi connectivity index (χ4n) is 11.9. The lowest BCUT2D eigenvalue weighted by Gasteiger charge is -2.39. The van der Waals surface area contributed by atoms with Gasteiger partial charge in [0.15, 0.2) is 34.5 Å². The Kier molecular flexibility index (Phi) is 15.5. The number of allylic oxidation sites excluding steroid dienone is 1. The van der Waals surface area contributed by atoms with Crippen LogP contribution in [0, 0.1) is 23.7 Å². The van der Waals surface area contributed by atoms with Gasteiger partial charge in [0.1, 0.15) is 33.3 Å². The third kappa shape index (κ3) is 9.52. The number of methoxy groups -OCH3 is 1. The van der Waals surface area contributed by atoms with Gasteiger partial charge in [-0.1, -0.05) is 128 Å². The number of alkyl carbamates (subject to hydrolysis) is 1. The first-order valence-electron chi connectivity index (χ1n) is 26.6. The summed E-state index contributed by atoms with van der Waals surface area (Å²) < 4.78 is 11.1. The standard InChI is InChI=1S/C61H78N6O9/c1-36(2)25-26-56(39(7)8)48(68)43(31-62-56)59(29-41-21-17-15-18-22-41)50(70)45(33-64-59)57(27-37(3)4)49(69)44(32-63-57)58(28-38(5)6)51(71)47(35-65-58)61(40(9)10)52(72)46(34-66-61)60(53(73)75-14,30-42-23-19-16-20-24-42)67-54(74)76-55(11,12)13/h15-25,31-35,37-40,62-66H,26-30H2,1-14H3,(H,67,74)/t56-,57+,58+,59+,60+,61+/m1/s1. The van der Waals surface area contributed by atoms with Crippen molar-refractivity contribution >= 4 is 41.0 Å². The first kappa shape index (κ1) is 56.7. The highest BCUT2D eigenvalue weighted by atomic mass is 16.6. The van der Waals surface area contributed by atoms with E-state index in [1.165, 1.54) is 18.6 Å². The van der Waals surface area contributed by atoms with E-state index in [0.29, 0.717) is 12.0 Å². The Morgan fingerprint density at radius 1 is 0.592 bits per heavy atom. The van der Waals surface area contributed by atoms with Crippen LogP contribution in [-0.2, 0) is 51.1 Å². The van der Waals surface area contributed by atoms with Crippen molar-refractivity contribution in [1.82, 2.24) is 31.9 Å². The highest BCUT2D eigenvalue weighted by molar-refractivity contribution is 6.27. The molecule has 2 aromatic carbocycles. The van der Waals surface area contributed by atoms with Crippen molar-refractivity contribution in [3.63, 3.8) is 0 Å². The number of nitrogens with one attached hydrogen (secondary N) is 6. The van der Waals surface area contributed by atoms with Gasteiger partial charge in [0.2, 0.25) is 0 Å². The first-order chi connectivity index (χ1) is 35.6. The van der Waals surface area contributed by atoms with Crippen molar-refractivity contribution in [1.29, 1.82) is 0 Å². The summed E-state index contributed by atoms with van der Waals surface area (Å²) in [5.74, 6) is -4.50. The molecule has 0 unspecified atom stereocenters. The van der Waals surface area contributed by atoms with Gasteiger partial charge in [-0.05, 0) is 88.7 Å². The lowest BCUT2D eigenvalue weighted by molar-refractivity contribution is -0.148. The fraction of sp³-hybridized carbons (Fsp3) is 0.492. The summed E-state index contributed by atoms with van der Waals surface area (Å²) in [6.45, 7) is 24.2. The molecule has 0 aromatic heterocycles. The summed E-state index contributed by atoms with van der Waals surface area (Å²) in [7, 11) is 1.16. The van der Waals surface area contributed by atoms with E-state index in [-0.39, 0.29) is 77.1 Å². The van der Waals surface area contributed by atoms with Crippen molar-refractivity contribution in [2.45, 2.75) is 161 Å². The van der Waals surface area contributed by atoms with Gasteiger partial charge in [-0.25, -0.2) is 9.59 Å². The Hall–Kier alpha value is -7.03. The molecule has 0 aliphatic carbocycles. The molecule has 6 N–H and O–H groups in total. The molecule has 5 aliphatic rings. The second-order valence-corrected chi connectivity index (χ2v) is 24.0. The zero-order chi connectivity index (χ0) is 56.0. The molecular formula is C61H78N6O9. The van der Waals surface area contributed by atoms with E-state index in [0.717, 1.165) is 18.2 Å². The predicted molar refractivity (Wildman–Crippen MR) is 292 cm³/mol. The lowest BCUT2D eigenvalue weighted by Crippen LogP contribution is -2.62. The SMILES string of the molecule is COC(=O)[C@@](Cc1ccccc1)(NC(=O)OC(C)(C)C)C1=CN[C@](C2=CN[C@@](CC(C)C)(C3=CN[C@@](CC(C)C)(C4=CN[C@@](Cc5ccccc5)(C5=CN[C@](CC=C(C)C)(C(C)C)C5=O)C4=O)C3=O)C2=O)(C(C)C)C1=O. The van der Waals surface area contributed by atoms with Crippen molar-refractivity contribution in [2.75, 3.05) is 7.11 Å². The van der Waals surface area contributed by atoms with Gasteiger partial charge in [0, 0.05) is 66.1 Å². The number of hydrogen-bond donors (Lipinski definition) is 6. The molecule has 0 fully saturated rings. The minimum atomic E-state index is -2.14. The molecule has 2 aromatic rings. The molecule has 0 saturated heterocycles. The van der Waals surface area contributed by atoms with E-state index in [9.17, 15) is 9.59 Å². The quantitative estimate of drug-likeness (QED) is 0.0590. The Morgan fingerprint density at radius 2 is 1.07 bits per heavy atom. The van der Waals surface area contributed by atoms with Gasteiger partial charge in [-0.15, -0.1) is 0 Å². The van der Waals surface area contributed by atoms with Gasteiger partial charge in [0.05, 0.1) is 12.7 Å². The Balaban J connectivity index is 1.29. The van der Waals surface area contributed by atoms with Crippen LogP contribution in [0.25, 0.3) is 0 Å². The molecule has 1 amide bonds. The smallest absolute Gasteiger partial charge is 0.408 e. The number of amides is 1. The molecule has 0 spiro atoms. The van der Waals surface area contributed by atoms with Crippen LogP contribution in [0.1, 0.15) is 120 Å². The number of carbonyl (C=O) groups is 7. The number of rotatable bonds is 19. The van der Waals surface area contributed by atoms with Crippen LogP contribution in [0.3, 0.4) is 0 Å². The van der Waals surface area contributed by atoms with Crippen molar-refractivity contribution in [3.8, 4) is 0 Å². The summed E-state index contributed by atoms with van der Waals surface area (Å²) in [6, 6.07) is 18.3. The summed E-state index contributed by atoms with van der Waals surface area (Å²) in [5, 5.41) is 19.5. The number of ether oxygens (including phenoxy) is 2. The summed E-state index contributed by atoms with van der Waals surface area (Å²) in [6.07, 6.45) is 9.22. The molecule has 406 valence electrons. The molecule has 15 heteroatoms.